The van der Waals surface area contributed by atoms with Gasteiger partial charge in [-0.2, -0.15) is 0 Å². The fraction of sp³-hybridized carbons (Fsp3) is 0.556. The van der Waals surface area contributed by atoms with Crippen LogP contribution in [-0.4, -0.2) is 37.5 Å². The van der Waals surface area contributed by atoms with Crippen LogP contribution in [0.2, 0.25) is 18.1 Å². The maximum absolute atomic E-state index is 12.4. The molecule has 1 aromatic heterocycles. The third-order valence-corrected chi connectivity index (χ3v) is 11.0. The molecule has 1 aliphatic rings. The average Bonchev–Trinajstić information content (AvgIpc) is 2.66. The molecule has 2 aromatic rings. The normalized spacial score (nSPS) is 17.0. The van der Waals surface area contributed by atoms with Crippen molar-refractivity contribution < 1.29 is 14.0 Å². The molecule has 1 atom stereocenters. The van der Waals surface area contributed by atoms with Gasteiger partial charge in [0.15, 0.2) is 8.32 Å². The third-order valence-electron chi connectivity index (χ3n) is 6.44. The molecule has 33 heavy (non-hydrogen) atoms. The summed E-state index contributed by atoms with van der Waals surface area (Å²) in [6.07, 6.45) is 2.94. The molecule has 0 fully saturated rings. The molecule has 6 heteroatoms. The number of esters is 1. The lowest BCUT2D eigenvalue weighted by Gasteiger charge is -2.43. The Balaban J connectivity index is 1.87. The van der Waals surface area contributed by atoms with E-state index >= 15 is 0 Å². The van der Waals surface area contributed by atoms with Crippen molar-refractivity contribution in [2.45, 2.75) is 90.8 Å². The first-order chi connectivity index (χ1) is 15.2. The van der Waals surface area contributed by atoms with Crippen LogP contribution in [0.25, 0.3) is 0 Å². The van der Waals surface area contributed by atoms with Gasteiger partial charge >= 0.3 is 5.97 Å². The standard InChI is InChI=1S/C27H40N2O3Si/c1-26(2,3)31-25(30)15-21-14-24-23(28-17-21)16-22(32-33(7,8)27(4,5)6)19-29(24)18-20-12-10-9-11-13-20/h9-14,17,22H,15-16,18-19H2,1-8H3. The summed E-state index contributed by atoms with van der Waals surface area (Å²) in [5.41, 5.74) is 3.76. The predicted octanol–water partition coefficient (Wildman–Crippen LogP) is 5.92. The van der Waals surface area contributed by atoms with Crippen LogP contribution < -0.4 is 4.90 Å². The number of anilines is 1. The first-order valence-corrected chi connectivity index (χ1v) is 14.8. The molecule has 0 radical (unpaired) electrons. The van der Waals surface area contributed by atoms with Gasteiger partial charge < -0.3 is 14.1 Å². The Morgan fingerprint density at radius 1 is 1.09 bits per heavy atom. The largest absolute Gasteiger partial charge is 0.460 e. The molecule has 0 saturated heterocycles. The molecule has 0 bridgehead atoms. The minimum Gasteiger partial charge on any atom is -0.460 e. The fourth-order valence-electron chi connectivity index (χ4n) is 3.85. The van der Waals surface area contributed by atoms with Gasteiger partial charge in [0.25, 0.3) is 0 Å². The number of rotatable bonds is 6. The molecule has 1 aliphatic heterocycles. The van der Waals surface area contributed by atoms with Gasteiger partial charge in [-0.05, 0) is 56.1 Å². The Morgan fingerprint density at radius 2 is 1.76 bits per heavy atom. The van der Waals surface area contributed by atoms with Crippen LogP contribution in [0.15, 0.2) is 42.6 Å². The van der Waals surface area contributed by atoms with Gasteiger partial charge in [-0.25, -0.2) is 0 Å². The number of pyridine rings is 1. The van der Waals surface area contributed by atoms with Gasteiger partial charge in [-0.15, -0.1) is 0 Å². The van der Waals surface area contributed by atoms with Gasteiger partial charge in [-0.1, -0.05) is 51.1 Å². The number of carbonyl (C=O) groups is 1. The molecule has 0 N–H and O–H groups in total. The van der Waals surface area contributed by atoms with Gasteiger partial charge in [-0.3, -0.25) is 9.78 Å². The van der Waals surface area contributed by atoms with E-state index in [1.165, 1.54) is 5.56 Å². The zero-order valence-electron chi connectivity index (χ0n) is 21.6. The van der Waals surface area contributed by atoms with Crippen LogP contribution in [0, 0.1) is 0 Å². The van der Waals surface area contributed by atoms with Crippen LogP contribution in [0.4, 0.5) is 5.69 Å². The molecule has 0 aliphatic carbocycles. The van der Waals surface area contributed by atoms with Crippen LogP contribution in [0.3, 0.4) is 0 Å². The summed E-state index contributed by atoms with van der Waals surface area (Å²) in [6.45, 7) is 18.7. The van der Waals surface area contributed by atoms with Crippen molar-refractivity contribution >= 4 is 20.0 Å². The first kappa shape index (κ1) is 25.4. The highest BCUT2D eigenvalue weighted by Gasteiger charge is 2.40. The SMILES string of the molecule is CC(C)(C)OC(=O)Cc1cnc2c(c1)N(Cc1ccccc1)CC(O[Si](C)(C)C(C)(C)C)C2. The van der Waals surface area contributed by atoms with E-state index in [-0.39, 0.29) is 23.5 Å². The van der Waals surface area contributed by atoms with Crippen LogP contribution in [0.5, 0.6) is 0 Å². The Kier molecular flexibility index (Phi) is 7.39. The number of carbonyl (C=O) groups excluding carboxylic acids is 1. The quantitative estimate of drug-likeness (QED) is 0.389. The van der Waals surface area contributed by atoms with Crippen LogP contribution in [-0.2, 0) is 33.3 Å². The average molecular weight is 469 g/mol. The molecule has 1 aromatic carbocycles. The Morgan fingerprint density at radius 3 is 2.36 bits per heavy atom. The Bertz CT molecular complexity index is 962. The molecule has 0 amide bonds. The molecular weight excluding hydrogens is 428 g/mol. The fourth-order valence-corrected chi connectivity index (χ4v) is 5.19. The molecule has 3 rings (SSSR count). The zero-order valence-corrected chi connectivity index (χ0v) is 22.6. The number of aromatic nitrogens is 1. The second kappa shape index (κ2) is 9.59. The second-order valence-electron chi connectivity index (χ2n) is 11.6. The van der Waals surface area contributed by atoms with E-state index in [0.717, 1.165) is 36.5 Å². The molecule has 0 saturated carbocycles. The maximum Gasteiger partial charge on any atom is 0.310 e. The lowest BCUT2D eigenvalue weighted by Crippen LogP contribution is -2.49. The van der Waals surface area contributed by atoms with Crippen LogP contribution in [0.1, 0.15) is 58.4 Å². The van der Waals surface area contributed by atoms with E-state index in [0.29, 0.717) is 0 Å². The summed E-state index contributed by atoms with van der Waals surface area (Å²) in [5, 5.41) is 0.155. The Labute approximate surface area is 200 Å². The van der Waals surface area contributed by atoms with Crippen molar-refractivity contribution in [3.05, 3.63) is 59.4 Å². The number of hydrogen-bond acceptors (Lipinski definition) is 5. The Hall–Kier alpha value is -2.18. The minimum absolute atomic E-state index is 0.103. The summed E-state index contributed by atoms with van der Waals surface area (Å²) in [7, 11) is -1.91. The van der Waals surface area contributed by atoms with Crippen molar-refractivity contribution in [2.24, 2.45) is 0 Å². The number of benzene rings is 1. The minimum atomic E-state index is -1.91. The molecule has 0 spiro atoms. The van der Waals surface area contributed by atoms with E-state index in [4.69, 9.17) is 14.1 Å². The van der Waals surface area contributed by atoms with Gasteiger partial charge in [0.2, 0.25) is 0 Å². The molecular formula is C27H40N2O3Si. The topological polar surface area (TPSA) is 51.7 Å². The zero-order chi connectivity index (χ0) is 24.4. The monoisotopic (exact) mass is 468 g/mol. The number of nitrogens with zero attached hydrogens (tertiary/aromatic N) is 2. The maximum atomic E-state index is 12.4. The van der Waals surface area contributed by atoms with Gasteiger partial charge in [0, 0.05) is 25.7 Å². The van der Waals surface area contributed by atoms with Crippen molar-refractivity contribution in [2.75, 3.05) is 11.4 Å². The van der Waals surface area contributed by atoms with Crippen molar-refractivity contribution in [1.82, 2.24) is 4.98 Å². The number of hydrogen-bond donors (Lipinski definition) is 0. The van der Waals surface area contributed by atoms with Gasteiger partial charge in [0.1, 0.15) is 5.60 Å². The smallest absolute Gasteiger partial charge is 0.310 e. The van der Waals surface area contributed by atoms with Crippen LogP contribution >= 0.6 is 0 Å². The first-order valence-electron chi connectivity index (χ1n) is 11.9. The number of ether oxygens (including phenoxy) is 1. The molecule has 1 unspecified atom stereocenters. The van der Waals surface area contributed by atoms with E-state index in [1.54, 1.807) is 0 Å². The summed E-state index contributed by atoms with van der Waals surface area (Å²) in [6, 6.07) is 12.6. The predicted molar refractivity (Wildman–Crippen MR) is 137 cm³/mol. The summed E-state index contributed by atoms with van der Waals surface area (Å²) in [5.74, 6) is -0.228. The van der Waals surface area contributed by atoms with Crippen molar-refractivity contribution in [3.8, 4) is 0 Å². The number of fused-ring (bicyclic) bond motifs is 1. The summed E-state index contributed by atoms with van der Waals surface area (Å²) >= 11 is 0. The van der Waals surface area contributed by atoms with E-state index in [1.807, 2.05) is 33.0 Å². The lowest BCUT2D eigenvalue weighted by molar-refractivity contribution is -0.153. The third kappa shape index (κ3) is 6.90. The molecule has 5 nitrogen and oxygen atoms in total. The molecule has 2 heterocycles. The summed E-state index contributed by atoms with van der Waals surface area (Å²) < 4.78 is 12.3. The van der Waals surface area contributed by atoms with E-state index < -0.39 is 13.9 Å². The van der Waals surface area contributed by atoms with Crippen molar-refractivity contribution in [1.29, 1.82) is 0 Å². The highest BCUT2D eigenvalue weighted by molar-refractivity contribution is 6.74. The highest BCUT2D eigenvalue weighted by atomic mass is 28.4. The lowest BCUT2D eigenvalue weighted by atomic mass is 10.0. The highest BCUT2D eigenvalue weighted by Crippen LogP contribution is 2.39. The van der Waals surface area contributed by atoms with E-state index in [9.17, 15) is 4.79 Å². The van der Waals surface area contributed by atoms with Gasteiger partial charge in [0.05, 0.1) is 23.9 Å². The summed E-state index contributed by atoms with van der Waals surface area (Å²) in [4.78, 5) is 19.5. The van der Waals surface area contributed by atoms with Crippen molar-refractivity contribution in [3.63, 3.8) is 0 Å². The second-order valence-corrected chi connectivity index (χ2v) is 16.4. The van der Waals surface area contributed by atoms with E-state index in [2.05, 4.69) is 69.1 Å². The molecule has 180 valence electrons.